The summed E-state index contributed by atoms with van der Waals surface area (Å²) in [6, 6.07) is 7.90. The molecule has 2 rings (SSSR count). The Balaban J connectivity index is 2.07. The highest BCUT2D eigenvalue weighted by Gasteiger charge is 2.34. The molecule has 1 aromatic rings. The van der Waals surface area contributed by atoms with Crippen LogP contribution in [0.1, 0.15) is 50.2 Å². The molecule has 0 saturated carbocycles. The first-order valence-corrected chi connectivity index (χ1v) is 8.95. The van der Waals surface area contributed by atoms with Crippen LogP contribution < -0.4 is 0 Å². The van der Waals surface area contributed by atoms with Gasteiger partial charge < -0.3 is 0 Å². The van der Waals surface area contributed by atoms with E-state index in [9.17, 15) is 13.2 Å². The highest BCUT2D eigenvalue weighted by Crippen LogP contribution is 2.22. The number of hydrogen-bond acceptors (Lipinski definition) is 3. The molecule has 1 aliphatic rings. The van der Waals surface area contributed by atoms with Gasteiger partial charge in [0, 0.05) is 6.42 Å². The number of hydrogen-bond donors (Lipinski definition) is 0. The van der Waals surface area contributed by atoms with Crippen LogP contribution >= 0.6 is 0 Å². The summed E-state index contributed by atoms with van der Waals surface area (Å²) in [5.74, 6) is 0.468. The molecule has 0 aliphatic carbocycles. The number of sulfone groups is 1. The van der Waals surface area contributed by atoms with E-state index < -0.39 is 15.1 Å². The minimum absolute atomic E-state index is 0.151. The lowest BCUT2D eigenvalue weighted by Crippen LogP contribution is -2.36. The van der Waals surface area contributed by atoms with Crippen molar-refractivity contribution in [1.29, 1.82) is 0 Å². The Morgan fingerprint density at radius 1 is 1.20 bits per heavy atom. The molecule has 3 nitrogen and oxygen atoms in total. The second-order valence-electron chi connectivity index (χ2n) is 5.89. The number of ketones is 1. The Morgan fingerprint density at radius 3 is 2.40 bits per heavy atom. The Hall–Kier alpha value is -1.16. The Bertz CT molecular complexity index is 570. The Kier molecular flexibility index (Phi) is 4.63. The molecule has 1 aromatic carbocycles. The number of carbonyl (C=O) groups is 1. The van der Waals surface area contributed by atoms with Crippen molar-refractivity contribution in [3.8, 4) is 0 Å². The molecule has 1 aliphatic heterocycles. The number of carbonyl (C=O) groups excluding carboxylic acids is 1. The van der Waals surface area contributed by atoms with Gasteiger partial charge in [0.2, 0.25) is 0 Å². The van der Waals surface area contributed by atoms with Gasteiger partial charge in [0.05, 0.1) is 5.75 Å². The third kappa shape index (κ3) is 3.48. The Labute approximate surface area is 121 Å². The van der Waals surface area contributed by atoms with Crippen LogP contribution in [0.2, 0.25) is 0 Å². The van der Waals surface area contributed by atoms with Gasteiger partial charge in [-0.05, 0) is 29.9 Å². The van der Waals surface area contributed by atoms with Gasteiger partial charge in [-0.2, -0.15) is 0 Å². The molecule has 0 bridgehead atoms. The third-order valence-corrected chi connectivity index (χ3v) is 6.19. The van der Waals surface area contributed by atoms with Crippen molar-refractivity contribution in [2.24, 2.45) is 0 Å². The summed E-state index contributed by atoms with van der Waals surface area (Å²) in [6.07, 6.45) is 2.24. The second kappa shape index (κ2) is 6.08. The molecule has 0 amide bonds. The summed E-state index contributed by atoms with van der Waals surface area (Å²) in [7, 11) is -3.21. The maximum Gasteiger partial charge on any atom is 0.160 e. The van der Waals surface area contributed by atoms with Crippen molar-refractivity contribution in [3.63, 3.8) is 0 Å². The number of Topliss-reactive ketones (excluding diaryl/α,β-unsaturated/α-hetero) is 1. The predicted octanol–water partition coefficient (Wildman–Crippen LogP) is 2.89. The lowest BCUT2D eigenvalue weighted by atomic mass is 9.98. The second-order valence-corrected chi connectivity index (χ2v) is 8.19. The monoisotopic (exact) mass is 294 g/mol. The van der Waals surface area contributed by atoms with Gasteiger partial charge in [0.25, 0.3) is 0 Å². The molecular formula is C16H22O3S. The van der Waals surface area contributed by atoms with Gasteiger partial charge in [-0.15, -0.1) is 0 Å². The molecule has 20 heavy (non-hydrogen) atoms. The largest absolute Gasteiger partial charge is 0.298 e. The van der Waals surface area contributed by atoms with Gasteiger partial charge in [-0.3, -0.25) is 4.79 Å². The number of rotatable bonds is 4. The van der Waals surface area contributed by atoms with Crippen molar-refractivity contribution in [2.45, 2.75) is 50.7 Å². The highest BCUT2D eigenvalue weighted by atomic mass is 32.2. The molecule has 0 aromatic heterocycles. The molecule has 0 radical (unpaired) electrons. The molecule has 1 unspecified atom stereocenters. The maximum absolute atomic E-state index is 12.2. The standard InChI is InChI=1S/C16H22O3S/c1-12(2)14-8-6-13(7-9-14)11-15(17)16-5-3-4-10-20(16,18)19/h6-9,12,16H,3-5,10-11H2,1-2H3. The molecule has 1 fully saturated rings. The summed E-state index contributed by atoms with van der Waals surface area (Å²) >= 11 is 0. The van der Waals surface area contributed by atoms with Gasteiger partial charge in [0.1, 0.15) is 5.25 Å². The Morgan fingerprint density at radius 2 is 1.85 bits per heavy atom. The van der Waals surface area contributed by atoms with Crippen LogP contribution in [0.5, 0.6) is 0 Å². The van der Waals surface area contributed by atoms with Gasteiger partial charge in [0.15, 0.2) is 15.6 Å². The van der Waals surface area contributed by atoms with Gasteiger partial charge in [-0.25, -0.2) is 8.42 Å². The summed E-state index contributed by atoms with van der Waals surface area (Å²) in [5, 5.41) is -0.777. The minimum Gasteiger partial charge on any atom is -0.298 e. The van der Waals surface area contributed by atoms with Crippen LogP contribution in [0.3, 0.4) is 0 Å². The van der Waals surface area contributed by atoms with Crippen LogP contribution in [-0.4, -0.2) is 25.2 Å². The van der Waals surface area contributed by atoms with Crippen LogP contribution in [0.15, 0.2) is 24.3 Å². The van der Waals surface area contributed by atoms with E-state index in [4.69, 9.17) is 0 Å². The molecule has 0 N–H and O–H groups in total. The smallest absolute Gasteiger partial charge is 0.160 e. The van der Waals surface area contributed by atoms with E-state index >= 15 is 0 Å². The van der Waals surface area contributed by atoms with Gasteiger partial charge >= 0.3 is 0 Å². The summed E-state index contributed by atoms with van der Waals surface area (Å²) in [5.41, 5.74) is 2.13. The van der Waals surface area contributed by atoms with Crippen molar-refractivity contribution >= 4 is 15.6 Å². The first-order valence-electron chi connectivity index (χ1n) is 7.23. The lowest BCUT2D eigenvalue weighted by Gasteiger charge is -2.21. The lowest BCUT2D eigenvalue weighted by molar-refractivity contribution is -0.118. The average molecular weight is 294 g/mol. The summed E-state index contributed by atoms with van der Waals surface area (Å²) in [4.78, 5) is 12.2. The molecule has 1 heterocycles. The fraction of sp³-hybridized carbons (Fsp3) is 0.562. The van der Waals surface area contributed by atoms with Crippen LogP contribution in [-0.2, 0) is 21.1 Å². The number of benzene rings is 1. The van der Waals surface area contributed by atoms with E-state index in [1.165, 1.54) is 5.56 Å². The predicted molar refractivity (Wildman–Crippen MR) is 80.7 cm³/mol. The SMILES string of the molecule is CC(C)c1ccc(CC(=O)C2CCCCS2(=O)=O)cc1. The normalized spacial score (nSPS) is 21.9. The molecule has 4 heteroatoms. The van der Waals surface area contributed by atoms with Crippen molar-refractivity contribution < 1.29 is 13.2 Å². The van der Waals surface area contributed by atoms with E-state index in [1.807, 2.05) is 24.3 Å². The van der Waals surface area contributed by atoms with Crippen molar-refractivity contribution in [1.82, 2.24) is 0 Å². The summed E-state index contributed by atoms with van der Waals surface area (Å²) in [6.45, 7) is 4.24. The molecule has 110 valence electrons. The highest BCUT2D eigenvalue weighted by molar-refractivity contribution is 7.92. The third-order valence-electron chi connectivity index (χ3n) is 3.96. The van der Waals surface area contributed by atoms with Crippen LogP contribution in [0.4, 0.5) is 0 Å². The van der Waals surface area contributed by atoms with Crippen LogP contribution in [0, 0.1) is 0 Å². The van der Waals surface area contributed by atoms with E-state index in [-0.39, 0.29) is 18.0 Å². The van der Waals surface area contributed by atoms with Crippen molar-refractivity contribution in [2.75, 3.05) is 5.75 Å². The first kappa shape index (κ1) is 15.2. The molecular weight excluding hydrogens is 272 g/mol. The zero-order valence-electron chi connectivity index (χ0n) is 12.1. The zero-order valence-corrected chi connectivity index (χ0v) is 12.9. The maximum atomic E-state index is 12.2. The van der Waals surface area contributed by atoms with E-state index in [2.05, 4.69) is 13.8 Å². The topological polar surface area (TPSA) is 51.2 Å². The van der Waals surface area contributed by atoms with E-state index in [1.54, 1.807) is 0 Å². The summed E-state index contributed by atoms with van der Waals surface area (Å²) < 4.78 is 23.9. The molecule has 1 atom stereocenters. The first-order chi connectivity index (χ1) is 9.40. The minimum atomic E-state index is -3.21. The average Bonchev–Trinajstić information content (AvgIpc) is 2.38. The van der Waals surface area contributed by atoms with Crippen LogP contribution in [0.25, 0.3) is 0 Å². The molecule has 0 spiro atoms. The van der Waals surface area contributed by atoms with Crippen molar-refractivity contribution in [3.05, 3.63) is 35.4 Å². The zero-order chi connectivity index (χ0) is 14.8. The fourth-order valence-electron chi connectivity index (χ4n) is 2.65. The van der Waals surface area contributed by atoms with E-state index in [0.717, 1.165) is 12.0 Å². The van der Waals surface area contributed by atoms with Gasteiger partial charge in [-0.1, -0.05) is 44.5 Å². The molecule has 1 saturated heterocycles. The fourth-order valence-corrected chi connectivity index (χ4v) is 4.55. The van der Waals surface area contributed by atoms with E-state index in [0.29, 0.717) is 18.8 Å². The quantitative estimate of drug-likeness (QED) is 0.858.